The van der Waals surface area contributed by atoms with E-state index in [1.54, 1.807) is 7.05 Å². The summed E-state index contributed by atoms with van der Waals surface area (Å²) >= 11 is 2.83. The molecule has 0 bridgehead atoms. The molecule has 0 aliphatic rings. The Balaban J connectivity index is 2.29. The molecule has 1 aromatic heterocycles. The normalized spacial score (nSPS) is 11.4. The number of halogens is 4. The second kappa shape index (κ2) is 6.19. The van der Waals surface area contributed by atoms with Crippen molar-refractivity contribution < 1.29 is 22.8 Å². The lowest BCUT2D eigenvalue weighted by Gasteiger charge is -2.12. The van der Waals surface area contributed by atoms with Gasteiger partial charge in [0.1, 0.15) is 5.69 Å². The van der Waals surface area contributed by atoms with Gasteiger partial charge in [-0.05, 0) is 31.2 Å². The topological polar surface area (TPSA) is 51.1 Å². The molecule has 1 heterocycles. The molecule has 0 radical (unpaired) electrons. The lowest BCUT2D eigenvalue weighted by Crippen LogP contribution is -2.16. The molecule has 122 valence electrons. The first-order valence-corrected chi connectivity index (χ1v) is 7.24. The van der Waals surface area contributed by atoms with Gasteiger partial charge >= 0.3 is 6.18 Å². The highest BCUT2D eigenvalue weighted by molar-refractivity contribution is 9.10. The fourth-order valence-electron chi connectivity index (χ4n) is 2.00. The zero-order valence-corrected chi connectivity index (χ0v) is 13.7. The highest BCUT2D eigenvalue weighted by Crippen LogP contribution is 2.36. The number of Topliss-reactive ketones (excluding diaryl/α,β-unsaturated/α-hetero) is 1. The minimum absolute atomic E-state index is 0.0103. The number of carbonyl (C=O) groups is 2. The van der Waals surface area contributed by atoms with Gasteiger partial charge in [-0.25, -0.2) is 0 Å². The van der Waals surface area contributed by atoms with Crippen LogP contribution in [-0.2, 0) is 13.2 Å². The molecule has 2 aromatic rings. The van der Waals surface area contributed by atoms with E-state index in [-0.39, 0.29) is 21.6 Å². The molecule has 23 heavy (non-hydrogen) atoms. The van der Waals surface area contributed by atoms with Crippen LogP contribution in [-0.4, -0.2) is 16.3 Å². The SMILES string of the molecule is CC(=O)c1cc(C(=O)Nc2ccc(Br)c(C(F)(F)F)c2)n(C)c1. The van der Waals surface area contributed by atoms with E-state index < -0.39 is 17.6 Å². The van der Waals surface area contributed by atoms with Crippen molar-refractivity contribution in [3.8, 4) is 0 Å². The zero-order valence-electron chi connectivity index (χ0n) is 12.2. The number of rotatable bonds is 3. The Morgan fingerprint density at radius 1 is 1.22 bits per heavy atom. The van der Waals surface area contributed by atoms with Crippen LogP contribution in [0, 0.1) is 0 Å². The van der Waals surface area contributed by atoms with Gasteiger partial charge in [-0.2, -0.15) is 13.2 Å². The van der Waals surface area contributed by atoms with Crippen molar-refractivity contribution in [1.82, 2.24) is 4.57 Å². The zero-order chi connectivity index (χ0) is 17.4. The number of aromatic nitrogens is 1. The largest absolute Gasteiger partial charge is 0.417 e. The van der Waals surface area contributed by atoms with Crippen molar-refractivity contribution >= 4 is 33.3 Å². The van der Waals surface area contributed by atoms with E-state index in [1.165, 1.54) is 35.9 Å². The molecule has 2 rings (SSSR count). The van der Waals surface area contributed by atoms with Gasteiger partial charge in [0.05, 0.1) is 5.56 Å². The first kappa shape index (κ1) is 17.3. The minimum atomic E-state index is -4.54. The second-order valence-electron chi connectivity index (χ2n) is 4.93. The highest BCUT2D eigenvalue weighted by atomic mass is 79.9. The van der Waals surface area contributed by atoms with E-state index in [0.29, 0.717) is 5.56 Å². The Hall–Kier alpha value is -2.09. The number of hydrogen-bond acceptors (Lipinski definition) is 2. The van der Waals surface area contributed by atoms with Crippen molar-refractivity contribution in [2.45, 2.75) is 13.1 Å². The molecule has 8 heteroatoms. The van der Waals surface area contributed by atoms with Gasteiger partial charge in [-0.3, -0.25) is 9.59 Å². The van der Waals surface area contributed by atoms with E-state index in [4.69, 9.17) is 0 Å². The fraction of sp³-hybridized carbons (Fsp3) is 0.200. The van der Waals surface area contributed by atoms with Crippen LogP contribution >= 0.6 is 15.9 Å². The molecule has 0 spiro atoms. The van der Waals surface area contributed by atoms with Crippen LogP contribution in [0.1, 0.15) is 33.3 Å². The summed E-state index contributed by atoms with van der Waals surface area (Å²) in [6.45, 7) is 1.36. The standard InChI is InChI=1S/C15H12BrF3N2O2/c1-8(22)9-5-13(21(2)7-9)14(23)20-10-3-4-12(16)11(6-10)15(17,18)19/h3-7H,1-2H3,(H,20,23). The van der Waals surface area contributed by atoms with Crippen molar-refractivity contribution in [2.75, 3.05) is 5.32 Å². The summed E-state index contributed by atoms with van der Waals surface area (Å²) in [5, 5.41) is 2.40. The lowest BCUT2D eigenvalue weighted by molar-refractivity contribution is -0.138. The van der Waals surface area contributed by atoms with Crippen LogP contribution in [0.25, 0.3) is 0 Å². The number of benzene rings is 1. The Kier molecular flexibility index (Phi) is 4.65. The maximum atomic E-state index is 12.9. The van der Waals surface area contributed by atoms with Crippen LogP contribution in [0.15, 0.2) is 34.9 Å². The summed E-state index contributed by atoms with van der Waals surface area (Å²) in [4.78, 5) is 23.5. The van der Waals surface area contributed by atoms with Crippen LogP contribution in [0.3, 0.4) is 0 Å². The fourth-order valence-corrected chi connectivity index (χ4v) is 2.47. The first-order chi connectivity index (χ1) is 10.6. The highest BCUT2D eigenvalue weighted by Gasteiger charge is 2.33. The molecule has 1 aromatic carbocycles. The number of nitrogens with zero attached hydrogens (tertiary/aromatic N) is 1. The van der Waals surface area contributed by atoms with Crippen LogP contribution in [0.2, 0.25) is 0 Å². The molecule has 0 fully saturated rings. The van der Waals surface area contributed by atoms with Crippen LogP contribution in [0.4, 0.5) is 18.9 Å². The number of alkyl halides is 3. The summed E-state index contributed by atoms with van der Waals surface area (Å²) in [6.07, 6.45) is -3.05. The number of aryl methyl sites for hydroxylation is 1. The third kappa shape index (κ3) is 3.82. The molecule has 0 saturated heterocycles. The average molecular weight is 389 g/mol. The van der Waals surface area contributed by atoms with Gasteiger partial charge in [-0.1, -0.05) is 15.9 Å². The van der Waals surface area contributed by atoms with Crippen molar-refractivity contribution in [3.05, 3.63) is 51.8 Å². The molecule has 0 saturated carbocycles. The number of carbonyl (C=O) groups excluding carboxylic acids is 2. The van der Waals surface area contributed by atoms with E-state index in [9.17, 15) is 22.8 Å². The summed E-state index contributed by atoms with van der Waals surface area (Å²) in [7, 11) is 1.57. The number of nitrogens with one attached hydrogen (secondary N) is 1. The summed E-state index contributed by atoms with van der Waals surface area (Å²) < 4.78 is 39.9. The lowest BCUT2D eigenvalue weighted by atomic mass is 10.2. The van der Waals surface area contributed by atoms with Gasteiger partial charge in [-0.15, -0.1) is 0 Å². The van der Waals surface area contributed by atoms with E-state index in [2.05, 4.69) is 21.2 Å². The van der Waals surface area contributed by atoms with E-state index >= 15 is 0 Å². The summed E-state index contributed by atoms with van der Waals surface area (Å²) in [5.41, 5.74) is -0.348. The molecule has 0 aliphatic carbocycles. The molecule has 4 nitrogen and oxygen atoms in total. The molecule has 0 unspecified atom stereocenters. The molecule has 0 aliphatic heterocycles. The van der Waals surface area contributed by atoms with Crippen molar-refractivity contribution in [3.63, 3.8) is 0 Å². The van der Waals surface area contributed by atoms with Gasteiger partial charge < -0.3 is 9.88 Å². The van der Waals surface area contributed by atoms with Gasteiger partial charge in [0.25, 0.3) is 5.91 Å². The average Bonchev–Trinajstić information content (AvgIpc) is 2.82. The third-order valence-electron chi connectivity index (χ3n) is 3.17. The van der Waals surface area contributed by atoms with E-state index in [1.807, 2.05) is 0 Å². The number of amides is 1. The molecular weight excluding hydrogens is 377 g/mol. The van der Waals surface area contributed by atoms with Crippen LogP contribution in [0.5, 0.6) is 0 Å². The predicted molar refractivity (Wildman–Crippen MR) is 82.5 cm³/mol. The Morgan fingerprint density at radius 2 is 1.87 bits per heavy atom. The predicted octanol–water partition coefficient (Wildman–Crippen LogP) is 4.26. The van der Waals surface area contributed by atoms with Gasteiger partial charge in [0, 0.05) is 29.0 Å². The summed E-state index contributed by atoms with van der Waals surface area (Å²) in [6, 6.07) is 4.80. The Morgan fingerprint density at radius 3 is 2.39 bits per heavy atom. The third-order valence-corrected chi connectivity index (χ3v) is 3.87. The number of anilines is 1. The van der Waals surface area contributed by atoms with Crippen molar-refractivity contribution in [2.24, 2.45) is 7.05 Å². The number of hydrogen-bond donors (Lipinski definition) is 1. The second-order valence-corrected chi connectivity index (χ2v) is 5.78. The van der Waals surface area contributed by atoms with Crippen LogP contribution < -0.4 is 5.32 Å². The number of ketones is 1. The maximum absolute atomic E-state index is 12.9. The quantitative estimate of drug-likeness (QED) is 0.798. The first-order valence-electron chi connectivity index (χ1n) is 6.45. The Labute approximate surface area is 138 Å². The molecule has 1 amide bonds. The monoisotopic (exact) mass is 388 g/mol. The van der Waals surface area contributed by atoms with Gasteiger partial charge in [0.2, 0.25) is 0 Å². The molecule has 1 N–H and O–H groups in total. The van der Waals surface area contributed by atoms with Crippen molar-refractivity contribution in [1.29, 1.82) is 0 Å². The smallest absolute Gasteiger partial charge is 0.346 e. The Bertz CT molecular complexity index is 782. The maximum Gasteiger partial charge on any atom is 0.417 e. The minimum Gasteiger partial charge on any atom is -0.346 e. The summed E-state index contributed by atoms with van der Waals surface area (Å²) in [5.74, 6) is -0.807. The molecule has 0 atom stereocenters. The van der Waals surface area contributed by atoms with E-state index in [0.717, 1.165) is 6.07 Å². The van der Waals surface area contributed by atoms with Gasteiger partial charge in [0.15, 0.2) is 5.78 Å². The molecular formula is C15H12BrF3N2O2.